The Labute approximate surface area is 114 Å². The number of nitro groups is 1. The van der Waals surface area contributed by atoms with Gasteiger partial charge in [-0.05, 0) is 0 Å². The fourth-order valence-corrected chi connectivity index (χ4v) is 2.12. The molecule has 20 heavy (non-hydrogen) atoms. The van der Waals surface area contributed by atoms with Crippen LogP contribution in [0.5, 0.6) is 0 Å². The summed E-state index contributed by atoms with van der Waals surface area (Å²) >= 11 is 1.03. The summed E-state index contributed by atoms with van der Waals surface area (Å²) in [5.41, 5.74) is -0.0896. The van der Waals surface area contributed by atoms with Crippen molar-refractivity contribution in [3.63, 3.8) is 0 Å². The fraction of sp³-hybridized carbons (Fsp3) is 0.250. The molecule has 3 N–H and O–H groups in total. The van der Waals surface area contributed by atoms with E-state index in [-0.39, 0.29) is 6.54 Å². The maximum Gasteiger partial charge on any atom is 0.350 e. The van der Waals surface area contributed by atoms with Crippen molar-refractivity contribution < 1.29 is 4.92 Å². The van der Waals surface area contributed by atoms with Crippen molar-refractivity contribution >= 4 is 22.2 Å². The van der Waals surface area contributed by atoms with Gasteiger partial charge in [0.2, 0.25) is 5.13 Å². The zero-order valence-electron chi connectivity index (χ0n) is 10.1. The Balaban J connectivity index is 2.53. The highest BCUT2D eigenvalue weighted by molar-refractivity contribution is 7.15. The second-order valence-corrected chi connectivity index (χ2v) is 4.76. The van der Waals surface area contributed by atoms with Gasteiger partial charge in [-0.3, -0.25) is 24.9 Å². The zero-order chi connectivity index (χ0) is 14.9. The molecule has 0 aromatic carbocycles. The Morgan fingerprint density at radius 2 is 2.20 bits per heavy atom. The van der Waals surface area contributed by atoms with E-state index in [4.69, 9.17) is 5.84 Å². The molecule has 2 rings (SSSR count). The summed E-state index contributed by atoms with van der Waals surface area (Å²) in [6.45, 7) is -0.216. The minimum Gasteiger partial charge on any atom is -0.298 e. The van der Waals surface area contributed by atoms with Crippen LogP contribution in [-0.2, 0) is 13.6 Å². The molecule has 0 aliphatic carbocycles. The number of nitrogen functional groups attached to an aromatic ring is 1. The molecule has 0 aliphatic rings. The first-order chi connectivity index (χ1) is 9.43. The lowest BCUT2D eigenvalue weighted by molar-refractivity contribution is -0.387. The minimum absolute atomic E-state index is 0.216. The van der Waals surface area contributed by atoms with Crippen LogP contribution in [0.25, 0.3) is 0 Å². The Kier molecular flexibility index (Phi) is 3.58. The molecular weight excluding hydrogens is 290 g/mol. The molecule has 0 radical (unpaired) electrons. The van der Waals surface area contributed by atoms with Crippen molar-refractivity contribution in [2.75, 3.05) is 5.43 Å². The van der Waals surface area contributed by atoms with Crippen molar-refractivity contribution in [3.8, 4) is 0 Å². The summed E-state index contributed by atoms with van der Waals surface area (Å²) in [7, 11) is 1.32. The van der Waals surface area contributed by atoms with Gasteiger partial charge in [0.1, 0.15) is 5.01 Å². The molecule has 0 aliphatic heterocycles. The molecule has 12 heteroatoms. The quantitative estimate of drug-likeness (QED) is 0.399. The molecule has 0 atom stereocenters. The molecule has 2 aromatic heterocycles. The van der Waals surface area contributed by atoms with Crippen molar-refractivity contribution in [2.24, 2.45) is 12.9 Å². The number of nitrogens with zero attached hydrogens (tertiary/aromatic N) is 5. The van der Waals surface area contributed by atoms with E-state index in [0.717, 1.165) is 26.7 Å². The molecular formula is C8H9N7O4S. The predicted octanol–water partition coefficient (Wildman–Crippen LogP) is -1.36. The van der Waals surface area contributed by atoms with Crippen molar-refractivity contribution in [2.45, 2.75) is 6.54 Å². The monoisotopic (exact) mass is 299 g/mol. The van der Waals surface area contributed by atoms with E-state index in [1.807, 2.05) is 0 Å². The van der Waals surface area contributed by atoms with E-state index in [1.165, 1.54) is 7.05 Å². The molecule has 0 amide bonds. The van der Waals surface area contributed by atoms with Gasteiger partial charge >= 0.3 is 16.9 Å². The van der Waals surface area contributed by atoms with Gasteiger partial charge in [-0.2, -0.15) is 0 Å². The van der Waals surface area contributed by atoms with Crippen LogP contribution in [0.3, 0.4) is 0 Å². The van der Waals surface area contributed by atoms with Crippen LogP contribution in [-0.4, -0.2) is 24.3 Å². The van der Waals surface area contributed by atoms with Gasteiger partial charge in [0.15, 0.2) is 0 Å². The third-order valence-corrected chi connectivity index (χ3v) is 3.23. The van der Waals surface area contributed by atoms with Gasteiger partial charge in [-0.25, -0.2) is 15.2 Å². The lowest BCUT2D eigenvalue weighted by atomic mass is 10.5. The average molecular weight is 299 g/mol. The lowest BCUT2D eigenvalue weighted by Crippen LogP contribution is -2.39. The minimum atomic E-state index is -0.990. The number of nitrogens with two attached hydrogens (primary N) is 1. The first kappa shape index (κ1) is 13.8. The van der Waals surface area contributed by atoms with Gasteiger partial charge in [-0.15, -0.1) is 10.2 Å². The molecule has 2 heterocycles. The van der Waals surface area contributed by atoms with Gasteiger partial charge in [0.05, 0.1) is 17.7 Å². The molecule has 2 aromatic rings. The number of rotatable bonds is 4. The molecule has 0 unspecified atom stereocenters. The van der Waals surface area contributed by atoms with Crippen molar-refractivity contribution in [1.82, 2.24) is 19.3 Å². The number of aromatic nitrogens is 4. The lowest BCUT2D eigenvalue weighted by Gasteiger charge is -2.04. The Bertz CT molecular complexity index is 776. The van der Waals surface area contributed by atoms with Crippen LogP contribution in [0, 0.1) is 10.1 Å². The summed E-state index contributed by atoms with van der Waals surface area (Å²) in [4.78, 5) is 33.7. The predicted molar refractivity (Wildman–Crippen MR) is 69.4 cm³/mol. The molecule has 106 valence electrons. The molecule has 0 fully saturated rings. The van der Waals surface area contributed by atoms with Gasteiger partial charge in [0, 0.05) is 7.05 Å². The largest absolute Gasteiger partial charge is 0.350 e. The molecule has 11 nitrogen and oxygen atoms in total. The highest BCUT2D eigenvalue weighted by Crippen LogP contribution is 2.13. The van der Waals surface area contributed by atoms with E-state index in [1.54, 1.807) is 0 Å². The van der Waals surface area contributed by atoms with Crippen LogP contribution in [0.2, 0.25) is 0 Å². The van der Waals surface area contributed by atoms with Crippen LogP contribution < -0.4 is 22.5 Å². The van der Waals surface area contributed by atoms with Gasteiger partial charge in [0.25, 0.3) is 0 Å². The Morgan fingerprint density at radius 1 is 1.50 bits per heavy atom. The normalized spacial score (nSPS) is 10.5. The number of anilines is 1. The van der Waals surface area contributed by atoms with E-state index in [0.29, 0.717) is 10.1 Å². The summed E-state index contributed by atoms with van der Waals surface area (Å²) < 4.78 is 1.68. The first-order valence-electron chi connectivity index (χ1n) is 5.18. The molecule has 0 bridgehead atoms. The van der Waals surface area contributed by atoms with Gasteiger partial charge in [-0.1, -0.05) is 11.3 Å². The third kappa shape index (κ3) is 2.41. The Hall–Kier alpha value is -2.60. The zero-order valence-corrected chi connectivity index (χ0v) is 11.0. The van der Waals surface area contributed by atoms with E-state index >= 15 is 0 Å². The van der Waals surface area contributed by atoms with E-state index in [9.17, 15) is 19.7 Å². The summed E-state index contributed by atoms with van der Waals surface area (Å²) in [6.07, 6.45) is 0.883. The molecule has 0 saturated carbocycles. The fourth-order valence-electron chi connectivity index (χ4n) is 1.49. The number of nitrogens with one attached hydrogen (secondary N) is 1. The smallest absolute Gasteiger partial charge is 0.298 e. The van der Waals surface area contributed by atoms with Crippen LogP contribution in [0.15, 0.2) is 15.8 Å². The number of hydrazine groups is 1. The van der Waals surface area contributed by atoms with Gasteiger partial charge < -0.3 is 0 Å². The van der Waals surface area contributed by atoms with Crippen LogP contribution >= 0.6 is 11.3 Å². The van der Waals surface area contributed by atoms with Crippen LogP contribution in [0.1, 0.15) is 5.01 Å². The topological polar surface area (TPSA) is 151 Å². The average Bonchev–Trinajstić information content (AvgIpc) is 2.86. The highest BCUT2D eigenvalue weighted by Gasteiger charge is 2.19. The summed E-state index contributed by atoms with van der Waals surface area (Å²) in [6, 6.07) is 0. The number of hydrogen-bond acceptors (Lipinski definition) is 9. The maximum atomic E-state index is 11.9. The molecule has 0 saturated heterocycles. The number of hydrogen-bond donors (Lipinski definition) is 2. The highest BCUT2D eigenvalue weighted by atomic mass is 32.1. The maximum absolute atomic E-state index is 11.9. The second kappa shape index (κ2) is 5.18. The Morgan fingerprint density at radius 3 is 2.75 bits per heavy atom. The van der Waals surface area contributed by atoms with E-state index < -0.39 is 21.9 Å². The molecule has 0 spiro atoms. The first-order valence-corrected chi connectivity index (χ1v) is 5.99. The summed E-state index contributed by atoms with van der Waals surface area (Å²) in [5.74, 6) is 5.14. The number of aryl methyl sites for hydroxylation is 1. The van der Waals surface area contributed by atoms with Crippen molar-refractivity contribution in [1.29, 1.82) is 0 Å². The third-order valence-electron chi connectivity index (χ3n) is 2.39. The standard InChI is InChI=1S/C8H9N7O4S/c1-13-2-4(15(18)19)6(16)14(8(13)17)3-5-11-12-7(10-9)20-5/h2H,3,9H2,1H3,(H,10,12). The van der Waals surface area contributed by atoms with Crippen molar-refractivity contribution in [3.05, 3.63) is 42.2 Å². The van der Waals surface area contributed by atoms with Crippen LogP contribution in [0.4, 0.5) is 10.8 Å². The SMILES string of the molecule is Cn1cc([N+](=O)[O-])c(=O)n(Cc2nnc(NN)s2)c1=O. The second-order valence-electron chi connectivity index (χ2n) is 3.70. The van der Waals surface area contributed by atoms with E-state index in [2.05, 4.69) is 15.6 Å². The summed E-state index contributed by atoms with van der Waals surface area (Å²) in [5, 5.41) is 18.7.